The zero-order valence-electron chi connectivity index (χ0n) is 16.4. The number of rotatable bonds is 4. The summed E-state index contributed by atoms with van der Waals surface area (Å²) < 4.78 is 44.2. The van der Waals surface area contributed by atoms with Gasteiger partial charge in [0.25, 0.3) is 5.91 Å². The van der Waals surface area contributed by atoms with Gasteiger partial charge in [0.05, 0.1) is 29.4 Å². The Morgan fingerprint density at radius 1 is 0.935 bits per heavy atom. The number of hydrogen-bond acceptors (Lipinski definition) is 3. The summed E-state index contributed by atoms with van der Waals surface area (Å²) in [6.07, 6.45) is -4.49. The van der Waals surface area contributed by atoms with Crippen molar-refractivity contribution in [2.24, 2.45) is 0 Å². The molecule has 0 saturated carbocycles. The number of fused-ring (bicyclic) bond motifs is 1. The van der Waals surface area contributed by atoms with E-state index in [0.29, 0.717) is 27.9 Å². The van der Waals surface area contributed by atoms with Gasteiger partial charge in [-0.1, -0.05) is 24.3 Å². The molecule has 1 N–H and O–H groups in total. The van der Waals surface area contributed by atoms with E-state index in [-0.39, 0.29) is 5.69 Å². The Labute approximate surface area is 176 Å². The molecule has 3 aromatic carbocycles. The summed E-state index contributed by atoms with van der Waals surface area (Å²) >= 11 is 0. The van der Waals surface area contributed by atoms with Crippen LogP contribution in [0.2, 0.25) is 0 Å². The van der Waals surface area contributed by atoms with Crippen LogP contribution < -0.4 is 10.1 Å². The fourth-order valence-corrected chi connectivity index (χ4v) is 3.24. The van der Waals surface area contributed by atoms with Gasteiger partial charge in [-0.25, -0.2) is 4.98 Å². The van der Waals surface area contributed by atoms with Gasteiger partial charge in [0.1, 0.15) is 5.75 Å². The van der Waals surface area contributed by atoms with Gasteiger partial charge in [0, 0.05) is 16.6 Å². The molecule has 0 aliphatic rings. The number of carbonyl (C=O) groups excluding carboxylic acids is 1. The number of methoxy groups -OCH3 is 1. The lowest BCUT2D eigenvalue weighted by Crippen LogP contribution is -2.14. The highest BCUT2D eigenvalue weighted by Crippen LogP contribution is 2.31. The van der Waals surface area contributed by atoms with Crippen molar-refractivity contribution in [3.05, 3.63) is 90.0 Å². The maximum atomic E-state index is 13.0. The number of anilines is 1. The van der Waals surface area contributed by atoms with E-state index in [0.717, 1.165) is 17.7 Å². The van der Waals surface area contributed by atoms with E-state index in [1.54, 1.807) is 43.5 Å². The molecule has 1 heterocycles. The number of pyridine rings is 1. The Kier molecular flexibility index (Phi) is 5.33. The fourth-order valence-electron chi connectivity index (χ4n) is 3.24. The maximum Gasteiger partial charge on any atom is 0.416 e. The molecule has 0 aliphatic heterocycles. The molecule has 4 rings (SSSR count). The summed E-state index contributed by atoms with van der Waals surface area (Å²) in [6.45, 7) is 0. The number of benzene rings is 3. The van der Waals surface area contributed by atoms with E-state index in [9.17, 15) is 18.0 Å². The van der Waals surface area contributed by atoms with Gasteiger partial charge in [-0.15, -0.1) is 0 Å². The number of hydrogen-bond donors (Lipinski definition) is 1. The fraction of sp³-hybridized carbons (Fsp3) is 0.0833. The van der Waals surface area contributed by atoms with Crippen LogP contribution in [0.4, 0.5) is 18.9 Å². The zero-order chi connectivity index (χ0) is 22.0. The smallest absolute Gasteiger partial charge is 0.416 e. The van der Waals surface area contributed by atoms with E-state index < -0.39 is 17.6 Å². The van der Waals surface area contributed by atoms with Gasteiger partial charge >= 0.3 is 6.18 Å². The summed E-state index contributed by atoms with van der Waals surface area (Å²) in [6, 6.07) is 20.5. The number of alkyl halides is 3. The van der Waals surface area contributed by atoms with Crippen molar-refractivity contribution in [2.45, 2.75) is 6.18 Å². The SMILES string of the molecule is COc1ccc(-c2cc(C(=O)Nc3cccc(C(F)(F)F)c3)c3ccccc3n2)cc1. The zero-order valence-corrected chi connectivity index (χ0v) is 16.4. The summed E-state index contributed by atoms with van der Waals surface area (Å²) in [7, 11) is 1.57. The number of nitrogens with one attached hydrogen (secondary N) is 1. The summed E-state index contributed by atoms with van der Waals surface area (Å²) in [5.41, 5.74) is 1.49. The second-order valence-corrected chi connectivity index (χ2v) is 6.83. The number of para-hydroxylation sites is 1. The third kappa shape index (κ3) is 4.35. The van der Waals surface area contributed by atoms with Gasteiger partial charge in [-0.2, -0.15) is 13.2 Å². The van der Waals surface area contributed by atoms with E-state index in [2.05, 4.69) is 10.3 Å². The molecule has 0 bridgehead atoms. The predicted octanol–water partition coefficient (Wildman–Crippen LogP) is 6.18. The largest absolute Gasteiger partial charge is 0.497 e. The standard InChI is InChI=1S/C24H17F3N2O2/c1-31-18-11-9-15(10-12-18)22-14-20(19-7-2-3-8-21(19)29-22)23(30)28-17-6-4-5-16(13-17)24(25,26)27/h2-14H,1H3,(H,28,30). The summed E-state index contributed by atoms with van der Waals surface area (Å²) in [5.74, 6) is 0.166. The highest BCUT2D eigenvalue weighted by atomic mass is 19.4. The van der Waals surface area contributed by atoms with Crippen LogP contribution in [-0.2, 0) is 6.18 Å². The molecule has 0 spiro atoms. The molecule has 0 atom stereocenters. The lowest BCUT2D eigenvalue weighted by atomic mass is 10.0. The average molecular weight is 422 g/mol. The Hall–Kier alpha value is -3.87. The van der Waals surface area contributed by atoms with Crippen LogP contribution in [0, 0.1) is 0 Å². The molecule has 31 heavy (non-hydrogen) atoms. The molecule has 0 radical (unpaired) electrons. The first-order valence-corrected chi connectivity index (χ1v) is 9.38. The molecule has 0 aliphatic carbocycles. The molecular formula is C24H17F3N2O2. The molecule has 0 fully saturated rings. The molecule has 0 unspecified atom stereocenters. The van der Waals surface area contributed by atoms with Crippen molar-refractivity contribution >= 4 is 22.5 Å². The predicted molar refractivity (Wildman–Crippen MR) is 113 cm³/mol. The molecule has 4 aromatic rings. The number of nitrogens with zero attached hydrogens (tertiary/aromatic N) is 1. The van der Waals surface area contributed by atoms with Crippen molar-refractivity contribution in [3.63, 3.8) is 0 Å². The first-order chi connectivity index (χ1) is 14.8. The number of amides is 1. The highest BCUT2D eigenvalue weighted by molar-refractivity contribution is 6.13. The quantitative estimate of drug-likeness (QED) is 0.427. The van der Waals surface area contributed by atoms with Gasteiger partial charge in [0.15, 0.2) is 0 Å². The van der Waals surface area contributed by atoms with Crippen LogP contribution in [0.25, 0.3) is 22.2 Å². The van der Waals surface area contributed by atoms with Gasteiger partial charge < -0.3 is 10.1 Å². The Morgan fingerprint density at radius 2 is 1.68 bits per heavy atom. The minimum Gasteiger partial charge on any atom is -0.497 e. The minimum atomic E-state index is -4.49. The molecule has 1 amide bonds. The van der Waals surface area contributed by atoms with E-state index in [1.165, 1.54) is 12.1 Å². The molecular weight excluding hydrogens is 405 g/mol. The second kappa shape index (κ2) is 8.10. The van der Waals surface area contributed by atoms with Crippen molar-refractivity contribution in [1.82, 2.24) is 4.98 Å². The Bertz CT molecular complexity index is 1250. The van der Waals surface area contributed by atoms with Crippen molar-refractivity contribution in [2.75, 3.05) is 12.4 Å². The summed E-state index contributed by atoms with van der Waals surface area (Å²) in [4.78, 5) is 17.7. The van der Waals surface area contributed by atoms with Crippen molar-refractivity contribution in [3.8, 4) is 17.0 Å². The topological polar surface area (TPSA) is 51.2 Å². The van der Waals surface area contributed by atoms with Crippen LogP contribution in [0.15, 0.2) is 78.9 Å². The minimum absolute atomic E-state index is 0.0618. The molecule has 4 nitrogen and oxygen atoms in total. The average Bonchev–Trinajstić information content (AvgIpc) is 2.78. The third-order valence-corrected chi connectivity index (χ3v) is 4.79. The van der Waals surface area contributed by atoms with E-state index in [1.807, 2.05) is 18.2 Å². The number of carbonyl (C=O) groups is 1. The van der Waals surface area contributed by atoms with Crippen LogP contribution in [0.5, 0.6) is 5.75 Å². The normalized spacial score (nSPS) is 11.4. The number of halogens is 3. The molecule has 1 aromatic heterocycles. The third-order valence-electron chi connectivity index (χ3n) is 4.79. The molecule has 156 valence electrons. The maximum absolute atomic E-state index is 13.0. The molecule has 7 heteroatoms. The Morgan fingerprint density at radius 3 is 2.39 bits per heavy atom. The van der Waals surface area contributed by atoms with Gasteiger partial charge in [-0.05, 0) is 54.6 Å². The van der Waals surface area contributed by atoms with Crippen molar-refractivity contribution in [1.29, 1.82) is 0 Å². The van der Waals surface area contributed by atoms with Crippen LogP contribution in [-0.4, -0.2) is 18.0 Å². The number of ether oxygens (including phenoxy) is 1. The van der Waals surface area contributed by atoms with Gasteiger partial charge in [0.2, 0.25) is 0 Å². The second-order valence-electron chi connectivity index (χ2n) is 6.83. The van der Waals surface area contributed by atoms with Crippen LogP contribution >= 0.6 is 0 Å². The van der Waals surface area contributed by atoms with Crippen LogP contribution in [0.3, 0.4) is 0 Å². The first kappa shape index (κ1) is 20.4. The number of aromatic nitrogens is 1. The van der Waals surface area contributed by atoms with Gasteiger partial charge in [-0.3, -0.25) is 4.79 Å². The lowest BCUT2D eigenvalue weighted by Gasteiger charge is -2.12. The molecule has 0 saturated heterocycles. The summed E-state index contributed by atoms with van der Waals surface area (Å²) in [5, 5.41) is 3.17. The monoisotopic (exact) mass is 422 g/mol. The van der Waals surface area contributed by atoms with Crippen LogP contribution in [0.1, 0.15) is 15.9 Å². The lowest BCUT2D eigenvalue weighted by molar-refractivity contribution is -0.137. The highest BCUT2D eigenvalue weighted by Gasteiger charge is 2.30. The Balaban J connectivity index is 1.74. The first-order valence-electron chi connectivity index (χ1n) is 9.38. The van der Waals surface area contributed by atoms with Crippen molar-refractivity contribution < 1.29 is 22.7 Å². The van der Waals surface area contributed by atoms with E-state index in [4.69, 9.17) is 4.74 Å². The van der Waals surface area contributed by atoms with E-state index >= 15 is 0 Å².